The first kappa shape index (κ1) is 17.9. The molecule has 0 fully saturated rings. The minimum Gasteiger partial charge on any atom is -0.491 e. The van der Waals surface area contributed by atoms with Crippen LogP contribution in [0.1, 0.15) is 18.9 Å². The van der Waals surface area contributed by atoms with Gasteiger partial charge in [-0.15, -0.1) is 0 Å². The Bertz CT molecular complexity index is 658. The lowest BCUT2D eigenvalue weighted by Crippen LogP contribution is -2.20. The van der Waals surface area contributed by atoms with E-state index in [1.54, 1.807) is 30.3 Å². The van der Waals surface area contributed by atoms with Gasteiger partial charge in [0.25, 0.3) is 0 Å². The van der Waals surface area contributed by atoms with Crippen molar-refractivity contribution < 1.29 is 19.0 Å². The third kappa shape index (κ3) is 5.66. The Morgan fingerprint density at radius 2 is 2.00 bits per heavy atom. The van der Waals surface area contributed by atoms with Crippen molar-refractivity contribution in [1.29, 1.82) is 0 Å². The molecular formula is C19H22FNO3. The van der Waals surface area contributed by atoms with Gasteiger partial charge in [0.15, 0.2) is 0 Å². The van der Waals surface area contributed by atoms with E-state index in [1.165, 1.54) is 12.1 Å². The van der Waals surface area contributed by atoms with Gasteiger partial charge in [0, 0.05) is 11.6 Å². The molecule has 2 aromatic carbocycles. The van der Waals surface area contributed by atoms with E-state index in [-0.39, 0.29) is 30.9 Å². The molecule has 24 heavy (non-hydrogen) atoms. The molecule has 0 bridgehead atoms. The van der Waals surface area contributed by atoms with Crippen molar-refractivity contribution in [2.24, 2.45) is 5.92 Å². The van der Waals surface area contributed by atoms with Crippen molar-refractivity contribution >= 4 is 11.6 Å². The first-order chi connectivity index (χ1) is 11.6. The molecule has 1 amide bonds. The minimum absolute atomic E-state index is 0.0404. The first-order valence-electron chi connectivity index (χ1n) is 7.97. The normalized spacial score (nSPS) is 11.8. The van der Waals surface area contributed by atoms with Crippen LogP contribution in [0, 0.1) is 11.7 Å². The molecule has 4 nitrogen and oxygen atoms in total. The molecule has 0 aliphatic heterocycles. The maximum atomic E-state index is 13.1. The van der Waals surface area contributed by atoms with Crippen LogP contribution >= 0.6 is 0 Å². The van der Waals surface area contributed by atoms with Gasteiger partial charge in [-0.1, -0.05) is 19.1 Å². The van der Waals surface area contributed by atoms with Crippen LogP contribution in [0.15, 0.2) is 48.5 Å². The molecule has 1 unspecified atom stereocenters. The van der Waals surface area contributed by atoms with Crippen LogP contribution in [0.4, 0.5) is 10.1 Å². The Labute approximate surface area is 141 Å². The van der Waals surface area contributed by atoms with Crippen LogP contribution in [0.5, 0.6) is 5.75 Å². The standard InChI is InChI=1S/C19H22FNO3/c1-14(5-6-15-3-2-4-16(20)13-15)19(23)21-17-7-9-18(10-8-17)24-12-11-22/h2-4,7-10,13-14,22H,5-6,11-12H2,1H3,(H,21,23). The summed E-state index contributed by atoms with van der Waals surface area (Å²) in [5.74, 6) is 0.128. The van der Waals surface area contributed by atoms with Crippen molar-refractivity contribution in [2.45, 2.75) is 19.8 Å². The molecule has 0 aliphatic carbocycles. The van der Waals surface area contributed by atoms with E-state index in [2.05, 4.69) is 5.32 Å². The van der Waals surface area contributed by atoms with Gasteiger partial charge >= 0.3 is 0 Å². The minimum atomic E-state index is -0.256. The summed E-state index contributed by atoms with van der Waals surface area (Å²) in [6.45, 7) is 2.05. The Hall–Kier alpha value is -2.40. The highest BCUT2D eigenvalue weighted by molar-refractivity contribution is 5.92. The number of aliphatic hydroxyl groups is 1. The van der Waals surface area contributed by atoms with Gasteiger partial charge in [0.1, 0.15) is 18.2 Å². The average Bonchev–Trinajstić information content (AvgIpc) is 2.59. The molecule has 5 heteroatoms. The molecule has 0 radical (unpaired) electrons. The van der Waals surface area contributed by atoms with Crippen molar-refractivity contribution in [2.75, 3.05) is 18.5 Å². The summed E-state index contributed by atoms with van der Waals surface area (Å²) >= 11 is 0. The number of rotatable bonds is 8. The zero-order chi connectivity index (χ0) is 17.4. The number of ether oxygens (including phenoxy) is 1. The molecular weight excluding hydrogens is 309 g/mol. The quantitative estimate of drug-likeness (QED) is 0.779. The SMILES string of the molecule is CC(CCc1cccc(F)c1)C(=O)Nc1ccc(OCCO)cc1. The zero-order valence-corrected chi connectivity index (χ0v) is 13.7. The Kier molecular flexibility index (Phi) is 6.75. The van der Waals surface area contributed by atoms with E-state index in [4.69, 9.17) is 9.84 Å². The second-order valence-corrected chi connectivity index (χ2v) is 5.66. The molecule has 0 saturated carbocycles. The molecule has 128 valence electrons. The van der Waals surface area contributed by atoms with Crippen LogP contribution < -0.4 is 10.1 Å². The number of hydrogen-bond acceptors (Lipinski definition) is 3. The number of aryl methyl sites for hydroxylation is 1. The number of halogens is 1. The van der Waals surface area contributed by atoms with Crippen LogP contribution in [0.25, 0.3) is 0 Å². The van der Waals surface area contributed by atoms with Crippen LogP contribution in [-0.2, 0) is 11.2 Å². The van der Waals surface area contributed by atoms with E-state index >= 15 is 0 Å². The third-order valence-corrected chi connectivity index (χ3v) is 3.68. The summed E-state index contributed by atoms with van der Waals surface area (Å²) in [4.78, 5) is 12.2. The van der Waals surface area contributed by atoms with Crippen LogP contribution in [0.2, 0.25) is 0 Å². The predicted molar refractivity (Wildman–Crippen MR) is 91.5 cm³/mol. The molecule has 0 spiro atoms. The highest BCUT2D eigenvalue weighted by atomic mass is 19.1. The van der Waals surface area contributed by atoms with Crippen molar-refractivity contribution in [1.82, 2.24) is 0 Å². The second-order valence-electron chi connectivity index (χ2n) is 5.66. The van der Waals surface area contributed by atoms with Gasteiger partial charge in [-0.3, -0.25) is 4.79 Å². The fourth-order valence-electron chi connectivity index (χ4n) is 2.27. The van der Waals surface area contributed by atoms with Gasteiger partial charge in [0.2, 0.25) is 5.91 Å². The summed E-state index contributed by atoms with van der Waals surface area (Å²) in [5, 5.41) is 11.6. The largest absolute Gasteiger partial charge is 0.491 e. The molecule has 2 aromatic rings. The number of nitrogens with one attached hydrogen (secondary N) is 1. The number of hydrogen-bond donors (Lipinski definition) is 2. The molecule has 0 saturated heterocycles. The Morgan fingerprint density at radius 1 is 1.25 bits per heavy atom. The van der Waals surface area contributed by atoms with E-state index < -0.39 is 0 Å². The van der Waals surface area contributed by atoms with E-state index in [0.717, 1.165) is 5.56 Å². The molecule has 2 N–H and O–H groups in total. The lowest BCUT2D eigenvalue weighted by atomic mass is 10.00. The van der Waals surface area contributed by atoms with Crippen molar-refractivity contribution in [3.05, 3.63) is 59.9 Å². The van der Waals surface area contributed by atoms with Gasteiger partial charge < -0.3 is 15.2 Å². The average molecular weight is 331 g/mol. The number of benzene rings is 2. The van der Waals surface area contributed by atoms with Crippen LogP contribution in [-0.4, -0.2) is 24.2 Å². The first-order valence-corrected chi connectivity index (χ1v) is 7.97. The highest BCUT2D eigenvalue weighted by Gasteiger charge is 2.13. The molecule has 0 aromatic heterocycles. The predicted octanol–water partition coefficient (Wildman–Crippen LogP) is 3.40. The van der Waals surface area contributed by atoms with Crippen molar-refractivity contribution in [3.8, 4) is 5.75 Å². The lowest BCUT2D eigenvalue weighted by molar-refractivity contribution is -0.119. The smallest absolute Gasteiger partial charge is 0.227 e. The van der Waals surface area contributed by atoms with E-state index in [0.29, 0.717) is 24.3 Å². The van der Waals surface area contributed by atoms with Crippen LogP contribution in [0.3, 0.4) is 0 Å². The number of aliphatic hydroxyl groups excluding tert-OH is 1. The fourth-order valence-corrected chi connectivity index (χ4v) is 2.27. The number of carbonyl (C=O) groups excluding carboxylic acids is 1. The summed E-state index contributed by atoms with van der Waals surface area (Å²) in [7, 11) is 0. The number of amides is 1. The van der Waals surface area contributed by atoms with Gasteiger partial charge in [-0.05, 0) is 54.8 Å². The highest BCUT2D eigenvalue weighted by Crippen LogP contribution is 2.18. The topological polar surface area (TPSA) is 58.6 Å². The molecule has 0 heterocycles. The van der Waals surface area contributed by atoms with Gasteiger partial charge in [-0.25, -0.2) is 4.39 Å². The van der Waals surface area contributed by atoms with Crippen molar-refractivity contribution in [3.63, 3.8) is 0 Å². The van der Waals surface area contributed by atoms with Gasteiger partial charge in [0.05, 0.1) is 6.61 Å². The zero-order valence-electron chi connectivity index (χ0n) is 13.7. The van der Waals surface area contributed by atoms with E-state index in [9.17, 15) is 9.18 Å². The monoisotopic (exact) mass is 331 g/mol. The summed E-state index contributed by atoms with van der Waals surface area (Å²) in [6.07, 6.45) is 1.30. The number of anilines is 1. The summed E-state index contributed by atoms with van der Waals surface area (Å²) in [6, 6.07) is 13.4. The summed E-state index contributed by atoms with van der Waals surface area (Å²) < 4.78 is 18.4. The summed E-state index contributed by atoms with van der Waals surface area (Å²) in [5.41, 5.74) is 1.58. The number of carbonyl (C=O) groups is 1. The molecule has 0 aliphatic rings. The maximum absolute atomic E-state index is 13.1. The maximum Gasteiger partial charge on any atom is 0.227 e. The molecule has 1 atom stereocenters. The second kappa shape index (κ2) is 9.03. The fraction of sp³-hybridized carbons (Fsp3) is 0.316. The lowest BCUT2D eigenvalue weighted by Gasteiger charge is -2.13. The van der Waals surface area contributed by atoms with Gasteiger partial charge in [-0.2, -0.15) is 0 Å². The van der Waals surface area contributed by atoms with E-state index in [1.807, 2.05) is 13.0 Å². The Balaban J connectivity index is 1.82. The Morgan fingerprint density at radius 3 is 2.67 bits per heavy atom. The third-order valence-electron chi connectivity index (χ3n) is 3.68. The molecule has 2 rings (SSSR count).